The van der Waals surface area contributed by atoms with Crippen molar-refractivity contribution in [3.05, 3.63) is 35.9 Å². The lowest BCUT2D eigenvalue weighted by atomic mass is 10.1. The maximum Gasteiger partial charge on any atom is 0.270 e. The van der Waals surface area contributed by atoms with E-state index in [-0.39, 0.29) is 29.7 Å². The molecule has 0 radical (unpaired) electrons. The van der Waals surface area contributed by atoms with Gasteiger partial charge in [0.25, 0.3) is 5.91 Å². The van der Waals surface area contributed by atoms with Gasteiger partial charge < -0.3 is 4.90 Å². The molecule has 1 aromatic carbocycles. The van der Waals surface area contributed by atoms with Crippen molar-refractivity contribution in [3.63, 3.8) is 0 Å². The highest BCUT2D eigenvalue weighted by molar-refractivity contribution is 7.91. The zero-order valence-electron chi connectivity index (χ0n) is 16.4. The fourth-order valence-corrected chi connectivity index (χ4v) is 5.80. The second kappa shape index (κ2) is 8.23. The molecule has 3 heterocycles. The monoisotopic (exact) mass is 418 g/mol. The Bertz CT molecular complexity index is 908. The summed E-state index contributed by atoms with van der Waals surface area (Å²) in [5.74, 6) is -0.329. The number of hydrogen-bond donors (Lipinski definition) is 0. The van der Waals surface area contributed by atoms with Crippen molar-refractivity contribution < 1.29 is 18.0 Å². The van der Waals surface area contributed by atoms with Crippen molar-refractivity contribution in [1.29, 1.82) is 0 Å². The SMILES string of the molecule is O=C(C1=NN(C2CCS(=O)(=O)C2)C(=O)CC1)N1CCN(Cc2ccccc2)CC1. The van der Waals surface area contributed by atoms with Gasteiger partial charge in [0, 0.05) is 45.6 Å². The van der Waals surface area contributed by atoms with E-state index in [9.17, 15) is 18.0 Å². The van der Waals surface area contributed by atoms with Crippen LogP contribution in [-0.2, 0) is 26.0 Å². The third kappa shape index (κ3) is 4.67. The first-order chi connectivity index (χ1) is 13.9. The Morgan fingerprint density at radius 2 is 1.79 bits per heavy atom. The lowest BCUT2D eigenvalue weighted by Gasteiger charge is -2.36. The standard InChI is InChI=1S/C20H26N4O4S/c25-19-7-6-18(21-24(19)17-8-13-29(27,28)15-17)20(26)23-11-9-22(10-12-23)14-16-4-2-1-3-5-16/h1-5,17H,6-15H2. The van der Waals surface area contributed by atoms with Crippen LogP contribution >= 0.6 is 0 Å². The van der Waals surface area contributed by atoms with Gasteiger partial charge in [0.05, 0.1) is 17.5 Å². The van der Waals surface area contributed by atoms with Gasteiger partial charge in [0.2, 0.25) is 5.91 Å². The van der Waals surface area contributed by atoms with Crippen molar-refractivity contribution in [2.75, 3.05) is 37.7 Å². The molecular formula is C20H26N4O4S. The number of hydrogen-bond acceptors (Lipinski definition) is 6. The van der Waals surface area contributed by atoms with Gasteiger partial charge >= 0.3 is 0 Å². The number of carbonyl (C=O) groups is 2. The number of amides is 2. The van der Waals surface area contributed by atoms with Crippen molar-refractivity contribution in [3.8, 4) is 0 Å². The van der Waals surface area contributed by atoms with Crippen LogP contribution in [0.4, 0.5) is 0 Å². The van der Waals surface area contributed by atoms with Gasteiger partial charge in [0.1, 0.15) is 5.71 Å². The lowest BCUT2D eigenvalue weighted by molar-refractivity contribution is -0.134. The summed E-state index contributed by atoms with van der Waals surface area (Å²) in [6.45, 7) is 3.68. The Labute approximate surface area is 171 Å². The first kappa shape index (κ1) is 20.0. The van der Waals surface area contributed by atoms with Gasteiger partial charge in [-0.3, -0.25) is 14.5 Å². The second-order valence-electron chi connectivity index (χ2n) is 7.90. The third-order valence-corrected chi connectivity index (χ3v) is 7.52. The van der Waals surface area contributed by atoms with E-state index in [0.717, 1.165) is 19.6 Å². The van der Waals surface area contributed by atoms with Crippen LogP contribution in [-0.4, -0.2) is 84.5 Å². The van der Waals surface area contributed by atoms with Gasteiger partial charge in [0.15, 0.2) is 9.84 Å². The highest BCUT2D eigenvalue weighted by Crippen LogP contribution is 2.23. The number of piperazine rings is 1. The summed E-state index contributed by atoms with van der Waals surface area (Å²) >= 11 is 0. The smallest absolute Gasteiger partial charge is 0.270 e. The molecule has 3 aliphatic rings. The van der Waals surface area contributed by atoms with Gasteiger partial charge in [-0.1, -0.05) is 30.3 Å². The van der Waals surface area contributed by atoms with Gasteiger partial charge in [-0.25, -0.2) is 13.4 Å². The number of rotatable bonds is 4. The van der Waals surface area contributed by atoms with E-state index >= 15 is 0 Å². The molecule has 1 atom stereocenters. The molecule has 4 rings (SSSR count). The van der Waals surface area contributed by atoms with Crippen LogP contribution in [0.5, 0.6) is 0 Å². The normalized spacial score (nSPS) is 25.2. The van der Waals surface area contributed by atoms with Crippen LogP contribution in [0.3, 0.4) is 0 Å². The van der Waals surface area contributed by atoms with E-state index in [4.69, 9.17) is 0 Å². The number of carbonyl (C=O) groups excluding carboxylic acids is 2. The Balaban J connectivity index is 1.37. The summed E-state index contributed by atoms with van der Waals surface area (Å²) in [7, 11) is -3.12. The van der Waals surface area contributed by atoms with Crippen LogP contribution in [0.25, 0.3) is 0 Å². The Hall–Kier alpha value is -2.26. The topological polar surface area (TPSA) is 90.4 Å². The molecule has 2 saturated heterocycles. The average molecular weight is 419 g/mol. The highest BCUT2D eigenvalue weighted by atomic mass is 32.2. The minimum Gasteiger partial charge on any atom is -0.335 e. The fraction of sp³-hybridized carbons (Fsp3) is 0.550. The van der Waals surface area contributed by atoms with Crippen LogP contribution in [0.2, 0.25) is 0 Å². The summed E-state index contributed by atoms with van der Waals surface area (Å²) in [6.07, 6.45) is 0.907. The third-order valence-electron chi connectivity index (χ3n) is 5.77. The molecule has 2 amide bonds. The van der Waals surface area contributed by atoms with Gasteiger partial charge in [-0.15, -0.1) is 0 Å². The first-order valence-corrected chi connectivity index (χ1v) is 11.9. The molecule has 2 fully saturated rings. The van der Waals surface area contributed by atoms with Gasteiger partial charge in [-0.05, 0) is 12.0 Å². The molecule has 0 aliphatic carbocycles. The van der Waals surface area contributed by atoms with Crippen LogP contribution in [0, 0.1) is 0 Å². The molecule has 8 nitrogen and oxygen atoms in total. The summed E-state index contributed by atoms with van der Waals surface area (Å²) in [4.78, 5) is 29.3. The highest BCUT2D eigenvalue weighted by Gasteiger charge is 2.38. The molecule has 1 aromatic rings. The van der Waals surface area contributed by atoms with E-state index in [0.29, 0.717) is 31.6 Å². The first-order valence-electron chi connectivity index (χ1n) is 10.1. The molecule has 0 aromatic heterocycles. The molecule has 0 N–H and O–H groups in total. The summed E-state index contributed by atoms with van der Waals surface area (Å²) in [5, 5.41) is 5.56. The van der Waals surface area contributed by atoms with E-state index in [1.54, 1.807) is 4.90 Å². The van der Waals surface area contributed by atoms with Gasteiger partial charge in [-0.2, -0.15) is 5.10 Å². The molecular weight excluding hydrogens is 392 g/mol. The average Bonchev–Trinajstić information content (AvgIpc) is 3.09. The van der Waals surface area contributed by atoms with E-state index in [1.807, 2.05) is 18.2 Å². The fourth-order valence-electron chi connectivity index (χ4n) is 4.11. The molecule has 29 heavy (non-hydrogen) atoms. The van der Waals surface area contributed by atoms with E-state index < -0.39 is 15.9 Å². The summed E-state index contributed by atoms with van der Waals surface area (Å²) in [5.41, 5.74) is 1.62. The molecule has 156 valence electrons. The van der Waals surface area contributed by atoms with E-state index in [2.05, 4.69) is 22.1 Å². The summed E-state index contributed by atoms with van der Waals surface area (Å²) in [6, 6.07) is 9.81. The predicted molar refractivity (Wildman–Crippen MR) is 109 cm³/mol. The maximum atomic E-state index is 12.9. The van der Waals surface area contributed by atoms with Crippen LogP contribution in [0.1, 0.15) is 24.8 Å². The number of hydrazone groups is 1. The Morgan fingerprint density at radius 3 is 2.45 bits per heavy atom. The molecule has 3 aliphatic heterocycles. The van der Waals surface area contributed by atoms with Crippen molar-refractivity contribution in [2.24, 2.45) is 5.10 Å². The molecule has 0 bridgehead atoms. The molecule has 9 heteroatoms. The number of sulfone groups is 1. The quantitative estimate of drug-likeness (QED) is 0.710. The number of nitrogens with zero attached hydrogens (tertiary/aromatic N) is 4. The Morgan fingerprint density at radius 1 is 1.07 bits per heavy atom. The molecule has 0 saturated carbocycles. The number of benzene rings is 1. The van der Waals surface area contributed by atoms with Crippen molar-refractivity contribution >= 4 is 27.4 Å². The zero-order valence-corrected chi connectivity index (χ0v) is 17.2. The zero-order chi connectivity index (χ0) is 20.4. The summed E-state index contributed by atoms with van der Waals surface area (Å²) < 4.78 is 23.5. The minimum absolute atomic E-state index is 0.0676. The lowest BCUT2D eigenvalue weighted by Crippen LogP contribution is -2.51. The van der Waals surface area contributed by atoms with Crippen LogP contribution < -0.4 is 0 Å². The predicted octanol–water partition coefficient (Wildman–Crippen LogP) is 0.496. The molecule has 0 spiro atoms. The van der Waals surface area contributed by atoms with Crippen molar-refractivity contribution in [1.82, 2.24) is 14.8 Å². The van der Waals surface area contributed by atoms with Crippen LogP contribution in [0.15, 0.2) is 35.4 Å². The minimum atomic E-state index is -3.12. The van der Waals surface area contributed by atoms with E-state index in [1.165, 1.54) is 10.6 Å². The Kier molecular flexibility index (Phi) is 5.69. The molecule has 1 unspecified atom stereocenters. The van der Waals surface area contributed by atoms with Crippen molar-refractivity contribution in [2.45, 2.75) is 31.8 Å². The largest absolute Gasteiger partial charge is 0.335 e. The second-order valence-corrected chi connectivity index (χ2v) is 10.1. The maximum absolute atomic E-state index is 12.9.